The lowest BCUT2D eigenvalue weighted by Gasteiger charge is -2.27. The first-order valence-corrected chi connectivity index (χ1v) is 9.18. The molecule has 152 valence electrons. The number of rotatable bonds is 6. The van der Waals surface area contributed by atoms with Crippen molar-refractivity contribution < 1.29 is 19.4 Å². The molecule has 0 fully saturated rings. The lowest BCUT2D eigenvalue weighted by atomic mass is 10.1. The van der Waals surface area contributed by atoms with Crippen molar-refractivity contribution in [1.82, 2.24) is 10.3 Å². The predicted molar refractivity (Wildman–Crippen MR) is 113 cm³/mol. The molecular weight excluding hydrogens is 370 g/mol. The van der Waals surface area contributed by atoms with Crippen molar-refractivity contribution in [3.63, 3.8) is 0 Å². The van der Waals surface area contributed by atoms with Gasteiger partial charge >= 0.3 is 0 Å². The van der Waals surface area contributed by atoms with E-state index in [2.05, 4.69) is 10.3 Å². The summed E-state index contributed by atoms with van der Waals surface area (Å²) in [5.41, 5.74) is 7.96. The van der Waals surface area contributed by atoms with Crippen LogP contribution in [0.15, 0.2) is 42.5 Å². The van der Waals surface area contributed by atoms with Crippen LogP contribution in [0.2, 0.25) is 0 Å². The number of ether oxygens (including phenoxy) is 2. The summed E-state index contributed by atoms with van der Waals surface area (Å²) in [6.45, 7) is 5.79. The Morgan fingerprint density at radius 3 is 2.72 bits per heavy atom. The van der Waals surface area contributed by atoms with E-state index < -0.39 is 5.54 Å². The fourth-order valence-electron chi connectivity index (χ4n) is 3.05. The molecule has 7 nitrogen and oxygen atoms in total. The topological polar surface area (TPSA) is 107 Å². The number of nitrogens with two attached hydrogens (primary N) is 1. The van der Waals surface area contributed by atoms with E-state index in [1.165, 1.54) is 19.2 Å². The van der Waals surface area contributed by atoms with Crippen molar-refractivity contribution in [2.24, 2.45) is 0 Å². The van der Waals surface area contributed by atoms with Gasteiger partial charge in [0.2, 0.25) is 0 Å². The number of hydrogen-bond acceptors (Lipinski definition) is 6. The Morgan fingerprint density at radius 2 is 2.00 bits per heavy atom. The number of benzene rings is 2. The fourth-order valence-corrected chi connectivity index (χ4v) is 3.05. The highest BCUT2D eigenvalue weighted by atomic mass is 16.5. The van der Waals surface area contributed by atoms with Crippen LogP contribution in [-0.2, 0) is 0 Å². The minimum absolute atomic E-state index is 0.0439. The van der Waals surface area contributed by atoms with E-state index in [4.69, 9.17) is 15.2 Å². The third-order valence-corrected chi connectivity index (χ3v) is 4.38. The number of nitrogens with one attached hydrogen (secondary N) is 1. The Kier molecular flexibility index (Phi) is 5.50. The first-order chi connectivity index (χ1) is 13.7. The summed E-state index contributed by atoms with van der Waals surface area (Å²) in [7, 11) is 1.47. The van der Waals surface area contributed by atoms with Gasteiger partial charge in [0, 0.05) is 23.0 Å². The average Bonchev–Trinajstić information content (AvgIpc) is 2.65. The molecule has 0 spiro atoms. The number of anilines is 1. The third-order valence-electron chi connectivity index (χ3n) is 4.38. The summed E-state index contributed by atoms with van der Waals surface area (Å²) in [6, 6.07) is 11.7. The van der Waals surface area contributed by atoms with E-state index in [-0.39, 0.29) is 18.3 Å². The van der Waals surface area contributed by atoms with E-state index in [0.717, 1.165) is 16.6 Å². The van der Waals surface area contributed by atoms with Crippen molar-refractivity contribution in [2.75, 3.05) is 19.5 Å². The molecule has 0 saturated heterocycles. The Bertz CT molecular complexity index is 1060. The maximum Gasteiger partial charge on any atom is 0.252 e. The van der Waals surface area contributed by atoms with Crippen molar-refractivity contribution >= 4 is 22.5 Å². The molecule has 0 radical (unpaired) electrons. The molecule has 0 unspecified atom stereocenters. The standard InChI is InChI=1S/C22H25N3O4/c1-13-8-17(23)20-18(24-13)6-5-7-19(20)29-12-22(2,3)25-21(27)14-9-15(26)11-16(10-14)28-4/h5-11,26H,12H2,1-4H3,(H2,23,24)(H,25,27). The molecule has 0 aliphatic rings. The number of amides is 1. The zero-order valence-corrected chi connectivity index (χ0v) is 16.9. The molecule has 0 aliphatic carbocycles. The third kappa shape index (κ3) is 4.68. The molecule has 0 saturated carbocycles. The van der Waals surface area contributed by atoms with Crippen LogP contribution < -0.4 is 20.5 Å². The largest absolute Gasteiger partial charge is 0.508 e. The minimum Gasteiger partial charge on any atom is -0.508 e. The molecule has 0 bridgehead atoms. The van der Waals surface area contributed by atoms with E-state index >= 15 is 0 Å². The van der Waals surface area contributed by atoms with Gasteiger partial charge < -0.3 is 25.6 Å². The SMILES string of the molecule is COc1cc(O)cc(C(=O)NC(C)(C)COc2cccc3nc(C)cc(N)c23)c1. The maximum atomic E-state index is 12.6. The Morgan fingerprint density at radius 1 is 1.24 bits per heavy atom. The van der Waals surface area contributed by atoms with Gasteiger partial charge in [0.15, 0.2) is 0 Å². The predicted octanol–water partition coefficient (Wildman–Crippen LogP) is 3.43. The highest BCUT2D eigenvalue weighted by molar-refractivity contribution is 5.96. The van der Waals surface area contributed by atoms with Crippen LogP contribution in [0.3, 0.4) is 0 Å². The van der Waals surface area contributed by atoms with Crippen LogP contribution in [0.5, 0.6) is 17.2 Å². The van der Waals surface area contributed by atoms with Crippen molar-refractivity contribution in [1.29, 1.82) is 0 Å². The van der Waals surface area contributed by atoms with Crippen LogP contribution in [0.25, 0.3) is 10.9 Å². The molecule has 3 rings (SSSR count). The number of aryl methyl sites for hydroxylation is 1. The Hall–Kier alpha value is -3.48. The summed E-state index contributed by atoms with van der Waals surface area (Å²) >= 11 is 0. The molecule has 1 amide bonds. The number of hydrogen-bond donors (Lipinski definition) is 3. The number of carbonyl (C=O) groups excluding carboxylic acids is 1. The fraction of sp³-hybridized carbons (Fsp3) is 0.273. The second-order valence-corrected chi connectivity index (χ2v) is 7.55. The number of phenolic OH excluding ortho intramolecular Hbond substituents is 1. The quantitative estimate of drug-likeness (QED) is 0.590. The molecule has 1 heterocycles. The number of nitrogens with zero attached hydrogens (tertiary/aromatic N) is 1. The summed E-state index contributed by atoms with van der Waals surface area (Å²) in [6.07, 6.45) is 0. The molecule has 29 heavy (non-hydrogen) atoms. The highest BCUT2D eigenvalue weighted by Crippen LogP contribution is 2.30. The number of fused-ring (bicyclic) bond motifs is 1. The smallest absolute Gasteiger partial charge is 0.252 e. The molecule has 1 aromatic heterocycles. The number of phenols is 1. The number of pyridine rings is 1. The van der Waals surface area contributed by atoms with Gasteiger partial charge in [-0.15, -0.1) is 0 Å². The Balaban J connectivity index is 1.76. The Labute approximate surface area is 169 Å². The zero-order valence-electron chi connectivity index (χ0n) is 16.9. The molecule has 4 N–H and O–H groups in total. The van der Waals surface area contributed by atoms with Gasteiger partial charge in [0.1, 0.15) is 23.9 Å². The van der Waals surface area contributed by atoms with Gasteiger partial charge in [-0.1, -0.05) is 6.07 Å². The van der Waals surface area contributed by atoms with Gasteiger partial charge in [0.05, 0.1) is 23.6 Å². The molecule has 3 aromatic rings. The minimum atomic E-state index is -0.690. The van der Waals surface area contributed by atoms with Crippen LogP contribution >= 0.6 is 0 Å². The molecule has 2 aromatic carbocycles. The highest BCUT2D eigenvalue weighted by Gasteiger charge is 2.23. The van der Waals surface area contributed by atoms with Crippen LogP contribution in [-0.4, -0.2) is 35.3 Å². The number of methoxy groups -OCH3 is 1. The number of aromatic hydroxyl groups is 1. The van der Waals surface area contributed by atoms with Crippen LogP contribution in [0.4, 0.5) is 5.69 Å². The first kappa shape index (κ1) is 20.3. The lowest BCUT2D eigenvalue weighted by molar-refractivity contribution is 0.0880. The first-order valence-electron chi connectivity index (χ1n) is 9.18. The average molecular weight is 395 g/mol. The van der Waals surface area contributed by atoms with Crippen molar-refractivity contribution in [3.8, 4) is 17.2 Å². The van der Waals surface area contributed by atoms with Crippen molar-refractivity contribution in [2.45, 2.75) is 26.3 Å². The number of aromatic nitrogens is 1. The zero-order chi connectivity index (χ0) is 21.2. The summed E-state index contributed by atoms with van der Waals surface area (Å²) in [5, 5.41) is 13.4. The molecule has 0 aliphatic heterocycles. The van der Waals surface area contributed by atoms with Gasteiger partial charge in [-0.25, -0.2) is 0 Å². The van der Waals surface area contributed by atoms with Gasteiger partial charge in [-0.3, -0.25) is 9.78 Å². The molecular formula is C22H25N3O4. The second kappa shape index (κ2) is 7.87. The number of carbonyl (C=O) groups is 1. The summed E-state index contributed by atoms with van der Waals surface area (Å²) < 4.78 is 11.1. The summed E-state index contributed by atoms with van der Waals surface area (Å²) in [4.78, 5) is 17.1. The van der Waals surface area contributed by atoms with Gasteiger partial charge in [-0.05, 0) is 51.1 Å². The van der Waals surface area contributed by atoms with E-state index in [1.807, 2.05) is 39.0 Å². The molecule has 7 heteroatoms. The van der Waals surface area contributed by atoms with Crippen molar-refractivity contribution in [3.05, 3.63) is 53.7 Å². The monoisotopic (exact) mass is 395 g/mol. The van der Waals surface area contributed by atoms with Gasteiger partial charge in [-0.2, -0.15) is 0 Å². The van der Waals surface area contributed by atoms with Crippen LogP contribution in [0.1, 0.15) is 29.9 Å². The van der Waals surface area contributed by atoms with Gasteiger partial charge in [0.25, 0.3) is 5.91 Å². The van der Waals surface area contributed by atoms with E-state index in [9.17, 15) is 9.90 Å². The van der Waals surface area contributed by atoms with E-state index in [0.29, 0.717) is 22.7 Å². The molecule has 0 atom stereocenters. The lowest BCUT2D eigenvalue weighted by Crippen LogP contribution is -2.47. The maximum absolute atomic E-state index is 12.6. The van der Waals surface area contributed by atoms with Crippen LogP contribution in [0, 0.1) is 6.92 Å². The van der Waals surface area contributed by atoms with E-state index in [1.54, 1.807) is 12.1 Å². The second-order valence-electron chi connectivity index (χ2n) is 7.55. The summed E-state index contributed by atoms with van der Waals surface area (Å²) in [5.74, 6) is 0.618. The number of nitrogen functional groups attached to an aromatic ring is 1. The normalized spacial score (nSPS) is 11.3.